The van der Waals surface area contributed by atoms with Crippen LogP contribution in [0.2, 0.25) is 5.15 Å². The molecule has 13 heteroatoms. The SMILES string of the molecule is CC1(CCNS(=O)C(C)(C)C)COc2c1cc(C(CNC(=O)c1ccc(CCO)c(OC3CC3)c1)C(F)(F)F)nc2Cl. The number of ether oxygens (including phenoxy) is 2. The van der Waals surface area contributed by atoms with Crippen molar-refractivity contribution in [3.63, 3.8) is 0 Å². The van der Waals surface area contributed by atoms with E-state index >= 15 is 0 Å². The van der Waals surface area contributed by atoms with Crippen LogP contribution in [0.25, 0.3) is 0 Å². The van der Waals surface area contributed by atoms with Gasteiger partial charge in [-0.3, -0.25) is 4.79 Å². The first-order valence-corrected chi connectivity index (χ1v) is 15.4. The van der Waals surface area contributed by atoms with Gasteiger partial charge in [0.25, 0.3) is 5.91 Å². The highest BCUT2D eigenvalue weighted by atomic mass is 35.5. The van der Waals surface area contributed by atoms with E-state index in [1.54, 1.807) is 6.07 Å². The lowest BCUT2D eigenvalue weighted by Crippen LogP contribution is -2.37. The molecule has 1 aromatic carbocycles. The molecule has 3 unspecified atom stereocenters. The van der Waals surface area contributed by atoms with E-state index in [4.69, 9.17) is 21.1 Å². The van der Waals surface area contributed by atoms with E-state index in [9.17, 15) is 27.3 Å². The minimum Gasteiger partial charge on any atom is -0.490 e. The molecule has 8 nitrogen and oxygen atoms in total. The van der Waals surface area contributed by atoms with Crippen molar-refractivity contribution >= 4 is 28.5 Å². The minimum absolute atomic E-state index is 0.0390. The molecule has 2 aromatic rings. The first-order chi connectivity index (χ1) is 19.6. The van der Waals surface area contributed by atoms with Gasteiger partial charge < -0.3 is 19.9 Å². The number of fused-ring (bicyclic) bond motifs is 1. The normalized spacial score (nSPS) is 20.0. The maximum absolute atomic E-state index is 14.3. The van der Waals surface area contributed by atoms with Crippen molar-refractivity contribution in [1.29, 1.82) is 0 Å². The van der Waals surface area contributed by atoms with Gasteiger partial charge in [0.05, 0.1) is 34.1 Å². The predicted octanol–water partition coefficient (Wildman–Crippen LogP) is 4.98. The van der Waals surface area contributed by atoms with E-state index in [1.165, 1.54) is 18.2 Å². The van der Waals surface area contributed by atoms with Crippen molar-refractivity contribution in [3.05, 3.63) is 51.8 Å². The quantitative estimate of drug-likeness (QED) is 0.285. The zero-order valence-corrected chi connectivity index (χ0v) is 25.6. The topological polar surface area (TPSA) is 110 Å². The number of hydrogen-bond acceptors (Lipinski definition) is 6. The average molecular weight is 632 g/mol. The van der Waals surface area contributed by atoms with E-state index in [0.717, 1.165) is 18.4 Å². The van der Waals surface area contributed by atoms with Crippen molar-refractivity contribution < 1.29 is 36.8 Å². The minimum atomic E-state index is -4.73. The van der Waals surface area contributed by atoms with Gasteiger partial charge in [0, 0.05) is 36.2 Å². The summed E-state index contributed by atoms with van der Waals surface area (Å²) in [5.41, 5.74) is 0.332. The molecule has 1 fully saturated rings. The second kappa shape index (κ2) is 12.7. The highest BCUT2D eigenvalue weighted by Crippen LogP contribution is 2.46. The Morgan fingerprint density at radius 3 is 2.62 bits per heavy atom. The van der Waals surface area contributed by atoms with Crippen molar-refractivity contribution in [2.24, 2.45) is 0 Å². The fraction of sp³-hybridized carbons (Fsp3) is 0.586. The van der Waals surface area contributed by atoms with Crippen LogP contribution in [0, 0.1) is 0 Å². The van der Waals surface area contributed by atoms with Crippen LogP contribution < -0.4 is 19.5 Å². The monoisotopic (exact) mass is 631 g/mol. The summed E-state index contributed by atoms with van der Waals surface area (Å²) in [4.78, 5) is 17.0. The van der Waals surface area contributed by atoms with E-state index in [-0.39, 0.29) is 41.5 Å². The van der Waals surface area contributed by atoms with Crippen LogP contribution in [0.4, 0.5) is 13.2 Å². The molecule has 1 saturated carbocycles. The van der Waals surface area contributed by atoms with E-state index in [1.807, 2.05) is 27.7 Å². The van der Waals surface area contributed by atoms with Crippen LogP contribution in [0.15, 0.2) is 24.3 Å². The van der Waals surface area contributed by atoms with Gasteiger partial charge in [-0.2, -0.15) is 13.2 Å². The molecule has 3 N–H and O–H groups in total. The Morgan fingerprint density at radius 2 is 2.00 bits per heavy atom. The number of pyridine rings is 1. The molecular formula is C29H37ClF3N3O5S. The Morgan fingerprint density at radius 1 is 1.29 bits per heavy atom. The summed E-state index contributed by atoms with van der Waals surface area (Å²) in [6, 6.07) is 5.98. The summed E-state index contributed by atoms with van der Waals surface area (Å²) < 4.78 is 69.5. The third kappa shape index (κ3) is 7.75. The third-order valence-electron chi connectivity index (χ3n) is 7.35. The van der Waals surface area contributed by atoms with Gasteiger partial charge in [-0.1, -0.05) is 24.6 Å². The first kappa shape index (κ1) is 32.5. The van der Waals surface area contributed by atoms with Crippen molar-refractivity contribution in [1.82, 2.24) is 15.0 Å². The number of amides is 1. The molecule has 4 rings (SSSR count). The number of halogens is 4. The van der Waals surface area contributed by atoms with Gasteiger partial charge in [-0.05, 0) is 70.2 Å². The second-order valence-corrected chi connectivity index (χ2v) is 14.4. The molecule has 42 heavy (non-hydrogen) atoms. The zero-order valence-electron chi connectivity index (χ0n) is 24.1. The first-order valence-electron chi connectivity index (χ1n) is 13.9. The largest absolute Gasteiger partial charge is 0.490 e. The summed E-state index contributed by atoms with van der Waals surface area (Å²) in [7, 11) is -1.31. The Kier molecular flexibility index (Phi) is 9.81. The lowest BCUT2D eigenvalue weighted by atomic mass is 9.81. The Labute approximate surface area is 251 Å². The molecule has 0 spiro atoms. The number of rotatable bonds is 12. The summed E-state index contributed by atoms with van der Waals surface area (Å²) in [6.07, 6.45) is -2.16. The van der Waals surface area contributed by atoms with Gasteiger partial charge >= 0.3 is 6.18 Å². The number of benzene rings is 1. The van der Waals surface area contributed by atoms with Crippen molar-refractivity contribution in [3.8, 4) is 11.5 Å². The standard InChI is InChI=1S/C29H37ClF3N3O5S/c1-27(2,3)42(39)35-11-10-28(4)16-40-24-20(28)14-22(36-25(24)30)21(29(31,32)33)15-34-26(38)18-6-5-17(9-12-37)23(13-18)41-19-7-8-19/h5-6,13-14,19,21,35,37H,7-12,15-16H2,1-4H3,(H,34,38). The van der Waals surface area contributed by atoms with Crippen LogP contribution >= 0.6 is 11.6 Å². The van der Waals surface area contributed by atoms with E-state index < -0.39 is 45.7 Å². The molecule has 0 radical (unpaired) electrons. The molecule has 2 heterocycles. The molecule has 3 atom stereocenters. The van der Waals surface area contributed by atoms with E-state index in [0.29, 0.717) is 30.7 Å². The average Bonchev–Trinajstić information content (AvgIpc) is 3.65. The van der Waals surface area contributed by atoms with Crippen LogP contribution in [0.5, 0.6) is 11.5 Å². The molecule has 2 aliphatic rings. The number of nitrogens with zero attached hydrogens (tertiary/aromatic N) is 1. The highest BCUT2D eigenvalue weighted by molar-refractivity contribution is 7.84. The number of carbonyl (C=O) groups excluding carboxylic acids is 1. The van der Waals surface area contributed by atoms with Gasteiger partial charge in [-0.15, -0.1) is 0 Å². The molecular weight excluding hydrogens is 595 g/mol. The van der Waals surface area contributed by atoms with Gasteiger partial charge in [0.2, 0.25) is 0 Å². The zero-order chi connectivity index (χ0) is 30.9. The number of aromatic nitrogens is 1. The maximum atomic E-state index is 14.3. The number of aliphatic hydroxyl groups excluding tert-OH is 1. The maximum Gasteiger partial charge on any atom is 0.398 e. The molecule has 1 aromatic heterocycles. The molecule has 0 bridgehead atoms. The number of hydrogen-bond donors (Lipinski definition) is 3. The molecule has 1 aliphatic carbocycles. The van der Waals surface area contributed by atoms with Gasteiger partial charge in [-0.25, -0.2) is 13.9 Å². The van der Waals surface area contributed by atoms with Crippen LogP contribution in [0.3, 0.4) is 0 Å². The Hall–Kier alpha value is -2.41. The number of alkyl halides is 3. The third-order valence-corrected chi connectivity index (χ3v) is 9.19. The molecule has 1 aliphatic heterocycles. The van der Waals surface area contributed by atoms with E-state index in [2.05, 4.69) is 15.0 Å². The van der Waals surface area contributed by atoms with Crippen molar-refractivity contribution in [2.45, 2.75) is 81.7 Å². The molecule has 1 amide bonds. The predicted molar refractivity (Wildman–Crippen MR) is 155 cm³/mol. The van der Waals surface area contributed by atoms with Crippen LogP contribution in [-0.4, -0.2) is 63.5 Å². The lowest BCUT2D eigenvalue weighted by Gasteiger charge is -2.26. The fourth-order valence-electron chi connectivity index (χ4n) is 4.62. The van der Waals surface area contributed by atoms with Crippen molar-refractivity contribution in [2.75, 3.05) is 26.3 Å². The number of aliphatic hydroxyl groups is 1. The number of carbonyl (C=O) groups is 1. The summed E-state index contributed by atoms with van der Waals surface area (Å²) in [6.45, 7) is 7.04. The Bertz CT molecular complexity index is 1330. The Balaban J connectivity index is 1.52. The smallest absolute Gasteiger partial charge is 0.398 e. The summed E-state index contributed by atoms with van der Waals surface area (Å²) in [5, 5.41) is 11.5. The summed E-state index contributed by atoms with van der Waals surface area (Å²) in [5.74, 6) is -2.15. The van der Waals surface area contributed by atoms with Crippen LogP contribution in [0.1, 0.15) is 80.1 Å². The highest BCUT2D eigenvalue weighted by Gasteiger charge is 2.45. The molecule has 0 saturated heterocycles. The number of nitrogens with one attached hydrogen (secondary N) is 2. The second-order valence-electron chi connectivity index (χ2n) is 12.0. The fourth-order valence-corrected chi connectivity index (χ4v) is 5.59. The summed E-state index contributed by atoms with van der Waals surface area (Å²) >= 11 is 6.32. The van der Waals surface area contributed by atoms with Gasteiger partial charge in [0.1, 0.15) is 11.7 Å². The lowest BCUT2D eigenvalue weighted by molar-refractivity contribution is -0.149. The molecule has 232 valence electrons. The van der Waals surface area contributed by atoms with Crippen LogP contribution in [-0.2, 0) is 22.8 Å². The van der Waals surface area contributed by atoms with Gasteiger partial charge in [0.15, 0.2) is 10.9 Å².